The third kappa shape index (κ3) is 5.56. The maximum absolute atomic E-state index is 12.3. The van der Waals surface area contributed by atoms with E-state index >= 15 is 0 Å². The van der Waals surface area contributed by atoms with E-state index in [0.29, 0.717) is 11.3 Å². The van der Waals surface area contributed by atoms with Crippen LogP contribution in [0.25, 0.3) is 6.08 Å². The molecular weight excluding hydrogens is 396 g/mol. The number of carbonyl (C=O) groups is 1. The Bertz CT molecular complexity index is 794. The van der Waals surface area contributed by atoms with Crippen molar-refractivity contribution in [1.29, 1.82) is 0 Å². The lowest BCUT2D eigenvalue weighted by molar-refractivity contribution is -0.111. The van der Waals surface area contributed by atoms with Crippen LogP contribution in [0.5, 0.6) is 11.5 Å². The zero-order chi connectivity index (χ0) is 18.4. The number of hydrogen-bond acceptors (Lipinski definition) is 3. The first-order chi connectivity index (χ1) is 11.9. The highest BCUT2D eigenvalue weighted by Crippen LogP contribution is 2.29. The number of benzene rings is 2. The Morgan fingerprint density at radius 3 is 2.60 bits per heavy atom. The predicted octanol–water partition coefficient (Wildman–Crippen LogP) is 5.02. The van der Waals surface area contributed by atoms with Gasteiger partial charge in [0, 0.05) is 16.2 Å². The number of carbonyl (C=O) groups excluding carboxylic acids is 1. The van der Waals surface area contributed by atoms with Gasteiger partial charge in [0.15, 0.2) is 11.5 Å². The molecule has 2 aromatic rings. The molecule has 0 saturated heterocycles. The van der Waals surface area contributed by atoms with Crippen LogP contribution in [-0.2, 0) is 4.79 Å². The van der Waals surface area contributed by atoms with Crippen molar-refractivity contribution < 1.29 is 23.0 Å². The molecule has 1 amide bonds. The molecule has 0 atom stereocenters. The first-order valence-corrected chi connectivity index (χ1v) is 8.06. The van der Waals surface area contributed by atoms with Gasteiger partial charge in [-0.15, -0.1) is 0 Å². The van der Waals surface area contributed by atoms with Crippen molar-refractivity contribution in [2.75, 3.05) is 12.4 Å². The normalized spacial score (nSPS) is 11.0. The molecule has 0 aromatic heterocycles. The number of rotatable bonds is 6. The lowest BCUT2D eigenvalue weighted by Gasteiger charge is -2.10. The summed E-state index contributed by atoms with van der Waals surface area (Å²) < 4.78 is 34.9. The van der Waals surface area contributed by atoms with Crippen molar-refractivity contribution in [3.63, 3.8) is 0 Å². The third-order valence-electron chi connectivity index (χ3n) is 3.26. The molecule has 0 aliphatic heterocycles. The largest absolute Gasteiger partial charge is 0.493 e. The van der Waals surface area contributed by atoms with Crippen LogP contribution in [0, 0.1) is 6.92 Å². The zero-order valence-corrected chi connectivity index (χ0v) is 15.1. The number of alkyl halides is 2. The number of aryl methyl sites for hydroxylation is 1. The number of methoxy groups -OCH3 is 1. The Morgan fingerprint density at radius 1 is 1.20 bits per heavy atom. The molecule has 4 nitrogen and oxygen atoms in total. The second kappa shape index (κ2) is 8.62. The summed E-state index contributed by atoms with van der Waals surface area (Å²) >= 11 is 3.40. The van der Waals surface area contributed by atoms with Crippen LogP contribution < -0.4 is 14.8 Å². The molecule has 25 heavy (non-hydrogen) atoms. The van der Waals surface area contributed by atoms with Crippen molar-refractivity contribution in [3.8, 4) is 11.5 Å². The highest BCUT2D eigenvalue weighted by atomic mass is 79.9. The minimum atomic E-state index is -2.93. The Kier molecular flexibility index (Phi) is 6.52. The van der Waals surface area contributed by atoms with E-state index in [0.717, 1.165) is 10.0 Å². The summed E-state index contributed by atoms with van der Waals surface area (Å²) in [5.74, 6) is -0.218. The fraction of sp³-hybridized carbons (Fsp3) is 0.167. The van der Waals surface area contributed by atoms with Crippen LogP contribution in [0.4, 0.5) is 14.5 Å². The van der Waals surface area contributed by atoms with E-state index in [9.17, 15) is 13.6 Å². The van der Waals surface area contributed by atoms with Gasteiger partial charge in [-0.2, -0.15) is 8.78 Å². The van der Waals surface area contributed by atoms with Gasteiger partial charge < -0.3 is 14.8 Å². The second-order valence-corrected chi connectivity index (χ2v) is 5.93. The molecule has 0 saturated carbocycles. The standard InChI is InChI=1S/C18H16BrF2NO3/c1-11-9-13(5-6-14(11)19)22-17(23)8-4-12-3-7-15(25-18(20)21)16(10-12)24-2/h3-10,18H,1-2H3,(H,22,23)/b8-4+. The van der Waals surface area contributed by atoms with Crippen molar-refractivity contribution >= 4 is 33.6 Å². The van der Waals surface area contributed by atoms with Gasteiger partial charge in [-0.25, -0.2) is 0 Å². The van der Waals surface area contributed by atoms with Gasteiger partial charge >= 0.3 is 6.61 Å². The fourth-order valence-corrected chi connectivity index (χ4v) is 2.31. The average Bonchev–Trinajstić information content (AvgIpc) is 2.57. The number of ether oxygens (including phenoxy) is 2. The van der Waals surface area contributed by atoms with Crippen molar-refractivity contribution in [2.45, 2.75) is 13.5 Å². The monoisotopic (exact) mass is 411 g/mol. The molecule has 0 heterocycles. The van der Waals surface area contributed by atoms with Crippen LogP contribution in [0.1, 0.15) is 11.1 Å². The lowest BCUT2D eigenvalue weighted by atomic mass is 10.2. The topological polar surface area (TPSA) is 47.6 Å². The fourth-order valence-electron chi connectivity index (χ4n) is 2.06. The molecule has 7 heteroatoms. The number of amides is 1. The van der Waals surface area contributed by atoms with Gasteiger partial charge in [0.2, 0.25) is 5.91 Å². The molecule has 0 aliphatic carbocycles. The average molecular weight is 412 g/mol. The first kappa shape index (κ1) is 18.9. The maximum atomic E-state index is 12.3. The van der Waals surface area contributed by atoms with E-state index in [-0.39, 0.29) is 17.4 Å². The van der Waals surface area contributed by atoms with Gasteiger partial charge in [0.25, 0.3) is 0 Å². The highest BCUT2D eigenvalue weighted by molar-refractivity contribution is 9.10. The summed E-state index contributed by atoms with van der Waals surface area (Å²) in [7, 11) is 1.35. The number of anilines is 1. The molecule has 2 aromatic carbocycles. The molecule has 1 N–H and O–H groups in total. The first-order valence-electron chi connectivity index (χ1n) is 7.27. The Labute approximate surface area is 152 Å². The Balaban J connectivity index is 2.07. The van der Waals surface area contributed by atoms with Gasteiger partial charge in [0.1, 0.15) is 0 Å². The van der Waals surface area contributed by atoms with E-state index in [1.165, 1.54) is 25.3 Å². The minimum Gasteiger partial charge on any atom is -0.493 e. The predicted molar refractivity (Wildman–Crippen MR) is 96.2 cm³/mol. The van der Waals surface area contributed by atoms with Crippen LogP contribution >= 0.6 is 15.9 Å². The van der Waals surface area contributed by atoms with Gasteiger partial charge in [0.05, 0.1) is 7.11 Å². The number of halogens is 3. The molecule has 0 unspecified atom stereocenters. The quantitative estimate of drug-likeness (QED) is 0.678. The maximum Gasteiger partial charge on any atom is 0.387 e. The van der Waals surface area contributed by atoms with Gasteiger partial charge in [-0.05, 0) is 54.5 Å². The van der Waals surface area contributed by atoms with E-state index in [4.69, 9.17) is 4.74 Å². The summed E-state index contributed by atoms with van der Waals surface area (Å²) in [5, 5.41) is 2.74. The third-order valence-corrected chi connectivity index (χ3v) is 4.15. The van der Waals surface area contributed by atoms with Gasteiger partial charge in [-0.3, -0.25) is 4.79 Å². The summed E-state index contributed by atoms with van der Waals surface area (Å²) in [6, 6.07) is 9.89. The lowest BCUT2D eigenvalue weighted by Crippen LogP contribution is -2.07. The molecule has 0 radical (unpaired) electrons. The smallest absolute Gasteiger partial charge is 0.387 e. The molecule has 0 fully saturated rings. The van der Waals surface area contributed by atoms with Crippen LogP contribution in [-0.4, -0.2) is 19.6 Å². The van der Waals surface area contributed by atoms with E-state index < -0.39 is 6.61 Å². The van der Waals surface area contributed by atoms with Crippen LogP contribution in [0.3, 0.4) is 0 Å². The molecular formula is C18H16BrF2NO3. The van der Waals surface area contributed by atoms with E-state index in [1.54, 1.807) is 18.2 Å². The highest BCUT2D eigenvalue weighted by Gasteiger charge is 2.10. The Hall–Kier alpha value is -2.41. The van der Waals surface area contributed by atoms with Crippen LogP contribution in [0.2, 0.25) is 0 Å². The van der Waals surface area contributed by atoms with Gasteiger partial charge in [-0.1, -0.05) is 22.0 Å². The second-order valence-electron chi connectivity index (χ2n) is 5.08. The zero-order valence-electron chi connectivity index (χ0n) is 13.6. The minimum absolute atomic E-state index is 0.0653. The molecule has 0 bridgehead atoms. The summed E-state index contributed by atoms with van der Waals surface area (Å²) in [6.45, 7) is -1.01. The molecule has 0 spiro atoms. The Morgan fingerprint density at radius 2 is 1.96 bits per heavy atom. The van der Waals surface area contributed by atoms with Crippen molar-refractivity contribution in [2.24, 2.45) is 0 Å². The summed E-state index contributed by atoms with van der Waals surface area (Å²) in [6.07, 6.45) is 2.90. The summed E-state index contributed by atoms with van der Waals surface area (Å²) in [5.41, 5.74) is 2.29. The van der Waals surface area contributed by atoms with Crippen molar-refractivity contribution in [1.82, 2.24) is 0 Å². The van der Waals surface area contributed by atoms with E-state index in [2.05, 4.69) is 26.0 Å². The van der Waals surface area contributed by atoms with Crippen LogP contribution in [0.15, 0.2) is 46.9 Å². The van der Waals surface area contributed by atoms with E-state index in [1.807, 2.05) is 19.1 Å². The molecule has 2 rings (SSSR count). The summed E-state index contributed by atoms with van der Waals surface area (Å²) in [4.78, 5) is 12.0. The number of nitrogens with one attached hydrogen (secondary N) is 1. The van der Waals surface area contributed by atoms with Crippen molar-refractivity contribution in [3.05, 3.63) is 58.1 Å². The molecule has 0 aliphatic rings. The SMILES string of the molecule is COc1cc(/C=C/C(=O)Nc2ccc(Br)c(C)c2)ccc1OC(F)F. The molecule has 132 valence electrons. The number of hydrogen-bond donors (Lipinski definition) is 1.